The number of carbonyl (C=O) groups excluding carboxylic acids is 3. The van der Waals surface area contributed by atoms with Gasteiger partial charge in [-0.2, -0.15) is 0 Å². The highest BCUT2D eigenvalue weighted by molar-refractivity contribution is 6.03. The van der Waals surface area contributed by atoms with Crippen LogP contribution >= 0.6 is 0 Å². The van der Waals surface area contributed by atoms with Crippen molar-refractivity contribution in [2.24, 2.45) is 5.92 Å². The second-order valence-corrected chi connectivity index (χ2v) is 6.29. The minimum Gasteiger partial charge on any atom is -0.380 e. The van der Waals surface area contributed by atoms with E-state index >= 15 is 0 Å². The van der Waals surface area contributed by atoms with E-state index in [4.69, 9.17) is 4.74 Å². The number of ketones is 1. The molecule has 6 heteroatoms. The van der Waals surface area contributed by atoms with Crippen molar-refractivity contribution >= 4 is 23.3 Å². The number of amides is 2. The maximum Gasteiger partial charge on any atom is 0.233 e. The number of anilines is 1. The molecular weight excluding hydrogens is 320 g/mol. The van der Waals surface area contributed by atoms with Crippen LogP contribution < -0.4 is 10.6 Å². The first kappa shape index (κ1) is 20.8. The molecule has 0 fully saturated rings. The van der Waals surface area contributed by atoms with E-state index in [-0.39, 0.29) is 24.0 Å². The van der Waals surface area contributed by atoms with E-state index in [1.807, 2.05) is 32.0 Å². The Morgan fingerprint density at radius 3 is 2.44 bits per heavy atom. The van der Waals surface area contributed by atoms with Crippen LogP contribution in [-0.4, -0.2) is 37.4 Å². The molecule has 138 valence electrons. The molecule has 0 saturated carbocycles. The number of carbonyl (C=O) groups is 3. The van der Waals surface area contributed by atoms with E-state index < -0.39 is 0 Å². The van der Waals surface area contributed by atoms with Crippen LogP contribution in [-0.2, 0) is 19.1 Å². The molecule has 1 aromatic rings. The Hall–Kier alpha value is -2.21. The average molecular weight is 348 g/mol. The second-order valence-electron chi connectivity index (χ2n) is 6.29. The topological polar surface area (TPSA) is 84.5 Å². The lowest BCUT2D eigenvalue weighted by molar-refractivity contribution is -0.127. The van der Waals surface area contributed by atoms with Crippen LogP contribution in [0.1, 0.15) is 39.5 Å². The first-order chi connectivity index (χ1) is 12.0. The van der Waals surface area contributed by atoms with Crippen LogP contribution in [0.4, 0.5) is 5.69 Å². The minimum absolute atomic E-state index is 0.224. The van der Waals surface area contributed by atoms with Crippen molar-refractivity contribution in [3.8, 4) is 0 Å². The van der Waals surface area contributed by atoms with Crippen molar-refractivity contribution in [1.82, 2.24) is 5.32 Å². The number of para-hydroxylation sites is 1. The monoisotopic (exact) mass is 348 g/mol. The lowest BCUT2D eigenvalue weighted by Crippen LogP contribution is -2.30. The van der Waals surface area contributed by atoms with E-state index in [1.165, 1.54) is 0 Å². The van der Waals surface area contributed by atoms with Gasteiger partial charge in [0, 0.05) is 31.7 Å². The van der Waals surface area contributed by atoms with E-state index in [9.17, 15) is 14.4 Å². The summed E-state index contributed by atoms with van der Waals surface area (Å²) in [6.07, 6.45) is 1.61. The predicted molar refractivity (Wildman–Crippen MR) is 97.2 cm³/mol. The van der Waals surface area contributed by atoms with E-state index in [0.29, 0.717) is 50.6 Å². The van der Waals surface area contributed by atoms with Gasteiger partial charge >= 0.3 is 0 Å². The van der Waals surface area contributed by atoms with Crippen molar-refractivity contribution in [2.75, 3.05) is 25.1 Å². The maximum atomic E-state index is 11.7. The molecule has 25 heavy (non-hydrogen) atoms. The predicted octanol–water partition coefficient (Wildman–Crippen LogP) is 2.54. The Morgan fingerprint density at radius 1 is 1.04 bits per heavy atom. The van der Waals surface area contributed by atoms with Gasteiger partial charge in [-0.05, 0) is 24.5 Å². The van der Waals surface area contributed by atoms with Gasteiger partial charge in [0.25, 0.3) is 0 Å². The molecule has 2 N–H and O–H groups in total. The molecule has 6 nitrogen and oxygen atoms in total. The van der Waals surface area contributed by atoms with Gasteiger partial charge in [-0.15, -0.1) is 0 Å². The van der Waals surface area contributed by atoms with Gasteiger partial charge in [0.1, 0.15) is 12.2 Å². The zero-order valence-corrected chi connectivity index (χ0v) is 15.0. The lowest BCUT2D eigenvalue weighted by Gasteiger charge is -2.08. The molecule has 1 aromatic carbocycles. The Bertz CT molecular complexity index is 544. The zero-order chi connectivity index (χ0) is 18.5. The van der Waals surface area contributed by atoms with Crippen LogP contribution in [0.5, 0.6) is 0 Å². The fraction of sp³-hybridized carbons (Fsp3) is 0.526. The molecule has 0 aliphatic carbocycles. The van der Waals surface area contributed by atoms with Gasteiger partial charge < -0.3 is 15.4 Å². The molecule has 0 unspecified atom stereocenters. The fourth-order valence-electron chi connectivity index (χ4n) is 2.23. The Balaban J connectivity index is 2.01. The normalized spacial score (nSPS) is 10.5. The van der Waals surface area contributed by atoms with Crippen molar-refractivity contribution in [3.63, 3.8) is 0 Å². The standard InChI is InChI=1S/C19H28N2O4/c1-15(2)13-17(22)9-6-11-25-12-10-20-18(23)14-19(24)21-16-7-4-3-5-8-16/h3-5,7-8,15H,6,9-14H2,1-2H3,(H,20,23)(H,21,24). The highest BCUT2D eigenvalue weighted by Gasteiger charge is 2.09. The third-order valence-corrected chi connectivity index (χ3v) is 3.33. The van der Waals surface area contributed by atoms with E-state index in [1.54, 1.807) is 12.1 Å². The van der Waals surface area contributed by atoms with Crippen molar-refractivity contribution in [3.05, 3.63) is 30.3 Å². The van der Waals surface area contributed by atoms with Gasteiger partial charge in [-0.3, -0.25) is 14.4 Å². The number of ether oxygens (including phenoxy) is 1. The average Bonchev–Trinajstić information content (AvgIpc) is 2.54. The van der Waals surface area contributed by atoms with E-state index in [2.05, 4.69) is 10.6 Å². The highest BCUT2D eigenvalue weighted by atomic mass is 16.5. The summed E-state index contributed by atoms with van der Waals surface area (Å²) in [5, 5.41) is 5.29. The molecule has 0 spiro atoms. The number of hydrogen-bond acceptors (Lipinski definition) is 4. The van der Waals surface area contributed by atoms with Crippen molar-refractivity contribution in [1.29, 1.82) is 0 Å². The smallest absolute Gasteiger partial charge is 0.233 e. The van der Waals surface area contributed by atoms with E-state index in [0.717, 1.165) is 0 Å². The quantitative estimate of drug-likeness (QED) is 0.449. The summed E-state index contributed by atoms with van der Waals surface area (Å²) in [6, 6.07) is 8.99. The van der Waals surface area contributed by atoms with Crippen LogP contribution in [0.2, 0.25) is 0 Å². The van der Waals surface area contributed by atoms with Gasteiger partial charge in [0.15, 0.2) is 0 Å². The number of rotatable bonds is 12. The Labute approximate surface area is 149 Å². The third kappa shape index (κ3) is 11.1. The van der Waals surface area contributed by atoms with Crippen molar-refractivity contribution in [2.45, 2.75) is 39.5 Å². The van der Waals surface area contributed by atoms with Crippen molar-refractivity contribution < 1.29 is 19.1 Å². The number of Topliss-reactive ketones (excluding diaryl/α,β-unsaturated/α-hetero) is 1. The fourth-order valence-corrected chi connectivity index (χ4v) is 2.23. The molecule has 2 amide bonds. The van der Waals surface area contributed by atoms with Crippen LogP contribution in [0, 0.1) is 5.92 Å². The molecule has 0 aliphatic heterocycles. The summed E-state index contributed by atoms with van der Waals surface area (Å²) in [6.45, 7) is 5.25. The van der Waals surface area contributed by atoms with Crippen LogP contribution in [0.3, 0.4) is 0 Å². The first-order valence-electron chi connectivity index (χ1n) is 8.68. The number of nitrogens with one attached hydrogen (secondary N) is 2. The molecule has 1 rings (SSSR count). The first-order valence-corrected chi connectivity index (χ1v) is 8.68. The summed E-state index contributed by atoms with van der Waals surface area (Å²) < 4.78 is 5.37. The number of benzene rings is 1. The molecule has 0 radical (unpaired) electrons. The summed E-state index contributed by atoms with van der Waals surface area (Å²) in [5.74, 6) is -0.0449. The van der Waals surface area contributed by atoms with Gasteiger partial charge in [-0.25, -0.2) is 0 Å². The molecule has 0 saturated heterocycles. The highest BCUT2D eigenvalue weighted by Crippen LogP contribution is 2.05. The number of hydrogen-bond donors (Lipinski definition) is 2. The molecule has 0 heterocycles. The third-order valence-electron chi connectivity index (χ3n) is 3.33. The molecule has 0 atom stereocenters. The van der Waals surface area contributed by atoms with Crippen LogP contribution in [0.25, 0.3) is 0 Å². The lowest BCUT2D eigenvalue weighted by atomic mass is 10.0. The van der Waals surface area contributed by atoms with Crippen LogP contribution in [0.15, 0.2) is 30.3 Å². The molecule has 0 bridgehead atoms. The van der Waals surface area contributed by atoms with Gasteiger partial charge in [-0.1, -0.05) is 32.0 Å². The SMILES string of the molecule is CC(C)CC(=O)CCCOCCNC(=O)CC(=O)Nc1ccccc1. The maximum absolute atomic E-state index is 11.7. The Kier molecular flexibility index (Phi) is 10.2. The van der Waals surface area contributed by atoms with Gasteiger partial charge in [0.05, 0.1) is 6.61 Å². The molecule has 0 aromatic heterocycles. The second kappa shape index (κ2) is 12.2. The Morgan fingerprint density at radius 2 is 1.76 bits per heavy atom. The zero-order valence-electron chi connectivity index (χ0n) is 15.0. The summed E-state index contributed by atoms with van der Waals surface area (Å²) in [7, 11) is 0. The molecular formula is C19H28N2O4. The minimum atomic E-state index is -0.353. The summed E-state index contributed by atoms with van der Waals surface area (Å²) in [4.78, 5) is 34.9. The summed E-state index contributed by atoms with van der Waals surface area (Å²) >= 11 is 0. The largest absolute Gasteiger partial charge is 0.380 e. The molecule has 0 aliphatic rings. The van der Waals surface area contributed by atoms with Gasteiger partial charge in [0.2, 0.25) is 11.8 Å². The summed E-state index contributed by atoms with van der Waals surface area (Å²) in [5.41, 5.74) is 0.663.